The quantitative estimate of drug-likeness (QED) is 0.361. The summed E-state index contributed by atoms with van der Waals surface area (Å²) >= 11 is 1.21. The molecule has 10 nitrogen and oxygen atoms in total. The van der Waals surface area contributed by atoms with E-state index < -0.39 is 21.5 Å². The normalized spacial score (nSPS) is 11.2. The maximum Gasteiger partial charge on any atom is 0.263 e. The van der Waals surface area contributed by atoms with Crippen LogP contribution in [0.2, 0.25) is 0 Å². The molecule has 0 atom stereocenters. The van der Waals surface area contributed by atoms with Crippen LogP contribution in [-0.2, 0) is 27.7 Å². The van der Waals surface area contributed by atoms with Crippen LogP contribution in [0.3, 0.4) is 0 Å². The number of nitrogens with two attached hydrogens (primary N) is 1. The summed E-state index contributed by atoms with van der Waals surface area (Å²) in [7, 11) is -3.72. The van der Waals surface area contributed by atoms with Crippen molar-refractivity contribution in [3.8, 4) is 0 Å². The SMILES string of the molecule is NS(=O)(=O)c1ccc(CCNC(=O)CCc2csc(NC(=O)c3ccc[nH]c3=O)n2)cc1. The van der Waals surface area contributed by atoms with E-state index in [9.17, 15) is 22.8 Å². The van der Waals surface area contributed by atoms with Crippen LogP contribution in [0.15, 0.2) is 57.7 Å². The van der Waals surface area contributed by atoms with Gasteiger partial charge in [0, 0.05) is 24.5 Å². The molecule has 0 spiro atoms. The number of carbonyl (C=O) groups excluding carboxylic acids is 2. The van der Waals surface area contributed by atoms with Crippen molar-refractivity contribution in [3.63, 3.8) is 0 Å². The third kappa shape index (κ3) is 6.57. The van der Waals surface area contributed by atoms with E-state index in [0.29, 0.717) is 30.2 Å². The van der Waals surface area contributed by atoms with E-state index >= 15 is 0 Å². The Balaban J connectivity index is 1.42. The molecule has 2 aromatic heterocycles. The fourth-order valence-corrected chi connectivity index (χ4v) is 4.02. The molecule has 0 unspecified atom stereocenters. The number of H-pyrrole nitrogens is 1. The lowest BCUT2D eigenvalue weighted by molar-refractivity contribution is -0.121. The number of amides is 2. The second-order valence-electron chi connectivity index (χ2n) is 6.80. The van der Waals surface area contributed by atoms with Gasteiger partial charge in [-0.25, -0.2) is 18.5 Å². The highest BCUT2D eigenvalue weighted by atomic mass is 32.2. The number of aromatic amines is 1. The number of pyridine rings is 1. The summed E-state index contributed by atoms with van der Waals surface area (Å²) in [5.41, 5.74) is 1.03. The zero-order chi connectivity index (χ0) is 23.1. The van der Waals surface area contributed by atoms with Crippen molar-refractivity contribution in [3.05, 3.63) is 75.1 Å². The highest BCUT2D eigenvalue weighted by Gasteiger charge is 2.13. The number of anilines is 1. The number of nitrogens with zero attached hydrogens (tertiary/aromatic N) is 1. The molecule has 0 radical (unpaired) electrons. The van der Waals surface area contributed by atoms with Crippen LogP contribution >= 0.6 is 11.3 Å². The van der Waals surface area contributed by atoms with Crippen LogP contribution in [0.25, 0.3) is 0 Å². The number of hydrogen-bond acceptors (Lipinski definition) is 7. The topological polar surface area (TPSA) is 164 Å². The number of sulfonamides is 1. The van der Waals surface area contributed by atoms with Crippen LogP contribution in [0.1, 0.15) is 28.0 Å². The number of carbonyl (C=O) groups is 2. The molecule has 3 rings (SSSR count). The monoisotopic (exact) mass is 475 g/mol. The van der Waals surface area contributed by atoms with Gasteiger partial charge < -0.3 is 10.3 Å². The smallest absolute Gasteiger partial charge is 0.263 e. The lowest BCUT2D eigenvalue weighted by atomic mass is 10.1. The fourth-order valence-electron chi connectivity index (χ4n) is 2.77. The molecule has 0 aliphatic rings. The van der Waals surface area contributed by atoms with Crippen LogP contribution in [0.4, 0.5) is 5.13 Å². The maximum atomic E-state index is 12.1. The van der Waals surface area contributed by atoms with E-state index in [1.54, 1.807) is 23.6 Å². The number of thiazole rings is 1. The average molecular weight is 476 g/mol. The summed E-state index contributed by atoms with van der Waals surface area (Å²) in [4.78, 5) is 42.6. The van der Waals surface area contributed by atoms with Gasteiger partial charge in [0.05, 0.1) is 10.6 Å². The van der Waals surface area contributed by atoms with Crippen molar-refractivity contribution < 1.29 is 18.0 Å². The molecular formula is C20H21N5O5S2. The van der Waals surface area contributed by atoms with E-state index in [-0.39, 0.29) is 22.8 Å². The van der Waals surface area contributed by atoms with Gasteiger partial charge in [-0.1, -0.05) is 12.1 Å². The fraction of sp³-hybridized carbons (Fsp3) is 0.200. The Morgan fingerprint density at radius 3 is 2.56 bits per heavy atom. The van der Waals surface area contributed by atoms with Gasteiger partial charge in [0.25, 0.3) is 11.5 Å². The van der Waals surface area contributed by atoms with Crippen molar-refractivity contribution in [1.82, 2.24) is 15.3 Å². The van der Waals surface area contributed by atoms with Gasteiger partial charge in [-0.15, -0.1) is 11.3 Å². The molecule has 0 saturated heterocycles. The number of hydrogen-bond donors (Lipinski definition) is 4. The first-order valence-corrected chi connectivity index (χ1v) is 12.0. The predicted molar refractivity (Wildman–Crippen MR) is 120 cm³/mol. The van der Waals surface area contributed by atoms with Gasteiger partial charge in [0.2, 0.25) is 15.9 Å². The molecular weight excluding hydrogens is 454 g/mol. The van der Waals surface area contributed by atoms with E-state index in [0.717, 1.165) is 5.56 Å². The molecule has 0 bridgehead atoms. The molecule has 2 heterocycles. The zero-order valence-electron chi connectivity index (χ0n) is 16.8. The molecule has 2 amide bonds. The first-order chi connectivity index (χ1) is 15.2. The van der Waals surface area contributed by atoms with Gasteiger partial charge >= 0.3 is 0 Å². The lowest BCUT2D eigenvalue weighted by Gasteiger charge is -2.06. The summed E-state index contributed by atoms with van der Waals surface area (Å²) in [5, 5.41) is 12.5. The van der Waals surface area contributed by atoms with E-state index in [4.69, 9.17) is 5.14 Å². The largest absolute Gasteiger partial charge is 0.356 e. The van der Waals surface area contributed by atoms with Gasteiger partial charge in [-0.05, 0) is 42.7 Å². The van der Waals surface area contributed by atoms with Gasteiger partial charge in [0.1, 0.15) is 5.56 Å². The van der Waals surface area contributed by atoms with Gasteiger partial charge in [-0.2, -0.15) is 0 Å². The van der Waals surface area contributed by atoms with Crippen molar-refractivity contribution in [2.24, 2.45) is 5.14 Å². The summed E-state index contributed by atoms with van der Waals surface area (Å²) < 4.78 is 22.5. The number of rotatable bonds is 9. The molecule has 0 aliphatic carbocycles. The molecule has 32 heavy (non-hydrogen) atoms. The molecule has 0 saturated carbocycles. The maximum absolute atomic E-state index is 12.1. The summed E-state index contributed by atoms with van der Waals surface area (Å²) in [6, 6.07) is 9.14. The number of nitrogens with one attached hydrogen (secondary N) is 3. The number of primary sulfonamides is 1. The minimum Gasteiger partial charge on any atom is -0.356 e. The van der Waals surface area contributed by atoms with Gasteiger partial charge in [0.15, 0.2) is 5.13 Å². The Kier molecular flexibility index (Phi) is 7.51. The Bertz CT molecular complexity index is 1270. The number of aromatic nitrogens is 2. The summed E-state index contributed by atoms with van der Waals surface area (Å²) in [5.74, 6) is -0.705. The second-order valence-corrected chi connectivity index (χ2v) is 9.22. The standard InChI is InChI=1S/C20H21N5O5S2/c21-32(29,30)15-6-3-13(4-7-15)9-11-22-17(26)8-5-14-12-31-20(24-14)25-19(28)16-2-1-10-23-18(16)27/h1-4,6-7,10,12H,5,8-9,11H2,(H,22,26)(H,23,27)(H2,21,29,30)(H,24,25,28). The number of aryl methyl sites for hydroxylation is 1. The zero-order valence-corrected chi connectivity index (χ0v) is 18.5. The average Bonchev–Trinajstić information content (AvgIpc) is 3.19. The molecule has 0 fully saturated rings. The van der Waals surface area contributed by atoms with Crippen LogP contribution in [0.5, 0.6) is 0 Å². The van der Waals surface area contributed by atoms with Crippen molar-refractivity contribution in [2.75, 3.05) is 11.9 Å². The third-order valence-electron chi connectivity index (χ3n) is 4.43. The first kappa shape index (κ1) is 23.3. The second kappa shape index (κ2) is 10.3. The van der Waals surface area contributed by atoms with E-state index in [2.05, 4.69) is 20.6 Å². The van der Waals surface area contributed by atoms with E-state index in [1.165, 1.54) is 35.7 Å². The van der Waals surface area contributed by atoms with Crippen LogP contribution in [-0.4, -0.2) is 36.7 Å². The molecule has 168 valence electrons. The molecule has 12 heteroatoms. The summed E-state index contributed by atoms with van der Waals surface area (Å²) in [6.45, 7) is 0.400. The Morgan fingerprint density at radius 1 is 1.12 bits per heavy atom. The highest BCUT2D eigenvalue weighted by molar-refractivity contribution is 7.89. The summed E-state index contributed by atoms with van der Waals surface area (Å²) in [6.07, 6.45) is 2.60. The predicted octanol–water partition coefficient (Wildman–Crippen LogP) is 1.02. The molecule has 3 aromatic rings. The Morgan fingerprint density at radius 2 is 1.88 bits per heavy atom. The molecule has 5 N–H and O–H groups in total. The third-order valence-corrected chi connectivity index (χ3v) is 6.17. The molecule has 1 aromatic carbocycles. The van der Waals surface area contributed by atoms with Crippen molar-refractivity contribution in [2.45, 2.75) is 24.2 Å². The van der Waals surface area contributed by atoms with Crippen molar-refractivity contribution in [1.29, 1.82) is 0 Å². The lowest BCUT2D eigenvalue weighted by Crippen LogP contribution is -2.26. The Hall–Kier alpha value is -3.35. The Labute approximate surface area is 187 Å². The van der Waals surface area contributed by atoms with Crippen molar-refractivity contribution >= 4 is 38.3 Å². The molecule has 0 aliphatic heterocycles. The first-order valence-electron chi connectivity index (χ1n) is 9.54. The van der Waals surface area contributed by atoms with E-state index in [1.807, 2.05) is 0 Å². The number of benzene rings is 1. The minimum atomic E-state index is -3.72. The minimum absolute atomic E-state index is 0.0112. The highest BCUT2D eigenvalue weighted by Crippen LogP contribution is 2.17. The van der Waals surface area contributed by atoms with Crippen LogP contribution in [0, 0.1) is 0 Å². The van der Waals surface area contributed by atoms with Gasteiger partial charge in [-0.3, -0.25) is 19.7 Å². The van der Waals surface area contributed by atoms with Crippen LogP contribution < -0.4 is 21.3 Å².